The van der Waals surface area contributed by atoms with Gasteiger partial charge in [-0.2, -0.15) is 0 Å². The number of benzene rings is 1. The summed E-state index contributed by atoms with van der Waals surface area (Å²) in [4.78, 5) is 18.6. The number of hydrogen-bond acceptors (Lipinski definition) is 6. The Labute approximate surface area is 135 Å². The number of likely N-dealkylation sites (N-methyl/N-ethyl adjacent to an activating group) is 1. The second-order valence-electron chi connectivity index (χ2n) is 4.79. The molecule has 124 valence electrons. The molecule has 0 unspecified atom stereocenters. The smallest absolute Gasteiger partial charge is 0.343 e. The van der Waals surface area contributed by atoms with Gasteiger partial charge >= 0.3 is 5.97 Å². The van der Waals surface area contributed by atoms with E-state index in [1.807, 2.05) is 18.2 Å². The second kappa shape index (κ2) is 8.79. The number of carbonyl (C=O) groups is 1. The molecular weight excluding hydrogens is 296 g/mol. The number of aromatic nitrogens is 2. The Morgan fingerprint density at radius 2 is 2.22 bits per heavy atom. The van der Waals surface area contributed by atoms with Crippen molar-refractivity contribution in [3.05, 3.63) is 30.6 Å². The Bertz CT molecular complexity index is 614. The number of carbonyl (C=O) groups excluding carboxylic acids is 1. The number of imidazole rings is 1. The zero-order chi connectivity index (χ0) is 16.5. The maximum Gasteiger partial charge on any atom is 0.343 e. The fraction of sp³-hybridized carbons (Fsp3) is 0.375. The molecule has 23 heavy (non-hydrogen) atoms. The first-order valence-electron chi connectivity index (χ1n) is 7.52. The van der Waals surface area contributed by atoms with Gasteiger partial charge in [-0.15, -0.1) is 0 Å². The third-order valence-corrected chi connectivity index (χ3v) is 3.19. The predicted octanol–water partition coefficient (Wildman–Crippen LogP) is 1.65. The average Bonchev–Trinajstić information content (AvgIpc) is 3.11. The number of aromatic amines is 1. The van der Waals surface area contributed by atoms with Gasteiger partial charge in [-0.1, -0.05) is 6.92 Å². The van der Waals surface area contributed by atoms with Gasteiger partial charge in [0.15, 0.2) is 6.61 Å². The molecule has 3 N–H and O–H groups in total. The molecule has 7 heteroatoms. The number of ether oxygens (including phenoxy) is 2. The van der Waals surface area contributed by atoms with E-state index in [0.29, 0.717) is 11.6 Å². The molecule has 1 heterocycles. The Kier molecular flexibility index (Phi) is 6.43. The lowest BCUT2D eigenvalue weighted by molar-refractivity contribution is -0.142. The standard InChI is InChI=1S/C16H22N4O3/c1-3-17-6-7-18-12-4-5-13(16-19-8-9-20-16)14(10-12)23-11-15(21)22-2/h4-5,8-10,17-18H,3,6-7,11H2,1-2H3,(H,19,20). The number of nitrogens with zero attached hydrogens (tertiary/aromatic N) is 1. The highest BCUT2D eigenvalue weighted by Crippen LogP contribution is 2.30. The zero-order valence-electron chi connectivity index (χ0n) is 13.4. The lowest BCUT2D eigenvalue weighted by atomic mass is 10.1. The van der Waals surface area contributed by atoms with E-state index in [0.717, 1.165) is 30.9 Å². The van der Waals surface area contributed by atoms with Gasteiger partial charge in [0.1, 0.15) is 11.6 Å². The highest BCUT2D eigenvalue weighted by atomic mass is 16.6. The van der Waals surface area contributed by atoms with Crippen LogP contribution < -0.4 is 15.4 Å². The number of nitrogens with one attached hydrogen (secondary N) is 3. The monoisotopic (exact) mass is 318 g/mol. The van der Waals surface area contributed by atoms with Crippen LogP contribution in [-0.2, 0) is 9.53 Å². The molecule has 0 aliphatic carbocycles. The Hall–Kier alpha value is -2.54. The highest BCUT2D eigenvalue weighted by molar-refractivity contribution is 5.73. The molecule has 0 radical (unpaired) electrons. The molecule has 2 aromatic rings. The van der Waals surface area contributed by atoms with E-state index in [2.05, 4.69) is 32.3 Å². The molecule has 0 amide bonds. The van der Waals surface area contributed by atoms with Crippen molar-refractivity contribution >= 4 is 11.7 Å². The molecule has 0 fully saturated rings. The summed E-state index contributed by atoms with van der Waals surface area (Å²) in [6, 6.07) is 5.71. The number of H-pyrrole nitrogens is 1. The third-order valence-electron chi connectivity index (χ3n) is 3.19. The fourth-order valence-corrected chi connectivity index (χ4v) is 2.03. The number of esters is 1. The van der Waals surface area contributed by atoms with E-state index < -0.39 is 5.97 Å². The van der Waals surface area contributed by atoms with Crippen molar-refractivity contribution in [1.29, 1.82) is 0 Å². The molecular formula is C16H22N4O3. The van der Waals surface area contributed by atoms with Crippen LogP contribution >= 0.6 is 0 Å². The van der Waals surface area contributed by atoms with E-state index in [9.17, 15) is 4.79 Å². The van der Waals surface area contributed by atoms with E-state index >= 15 is 0 Å². The lowest BCUT2D eigenvalue weighted by Gasteiger charge is -2.13. The van der Waals surface area contributed by atoms with Crippen LogP contribution in [0.15, 0.2) is 30.6 Å². The van der Waals surface area contributed by atoms with Crippen LogP contribution in [0.3, 0.4) is 0 Å². The summed E-state index contributed by atoms with van der Waals surface area (Å²) in [5, 5.41) is 6.55. The van der Waals surface area contributed by atoms with Gasteiger partial charge in [-0.05, 0) is 18.7 Å². The molecule has 1 aromatic carbocycles. The van der Waals surface area contributed by atoms with Crippen molar-refractivity contribution in [3.8, 4) is 17.1 Å². The van der Waals surface area contributed by atoms with Crippen LogP contribution in [0.25, 0.3) is 11.4 Å². The van der Waals surface area contributed by atoms with Crippen molar-refractivity contribution in [1.82, 2.24) is 15.3 Å². The van der Waals surface area contributed by atoms with E-state index in [-0.39, 0.29) is 6.61 Å². The van der Waals surface area contributed by atoms with Crippen LogP contribution in [0.5, 0.6) is 5.75 Å². The van der Waals surface area contributed by atoms with Gasteiger partial charge in [0.2, 0.25) is 0 Å². The molecule has 0 aliphatic heterocycles. The van der Waals surface area contributed by atoms with Crippen molar-refractivity contribution < 1.29 is 14.3 Å². The van der Waals surface area contributed by atoms with Gasteiger partial charge < -0.3 is 25.1 Å². The zero-order valence-corrected chi connectivity index (χ0v) is 13.4. The summed E-state index contributed by atoms with van der Waals surface area (Å²) in [5.41, 5.74) is 1.70. The first-order valence-corrected chi connectivity index (χ1v) is 7.52. The average molecular weight is 318 g/mol. The Morgan fingerprint density at radius 1 is 1.35 bits per heavy atom. The Balaban J connectivity index is 2.13. The fourth-order valence-electron chi connectivity index (χ4n) is 2.03. The highest BCUT2D eigenvalue weighted by Gasteiger charge is 2.11. The van der Waals surface area contributed by atoms with E-state index in [4.69, 9.17) is 4.74 Å². The van der Waals surface area contributed by atoms with Crippen molar-refractivity contribution in [2.75, 3.05) is 38.7 Å². The maximum absolute atomic E-state index is 11.3. The van der Waals surface area contributed by atoms with Gasteiger partial charge in [0.25, 0.3) is 0 Å². The largest absolute Gasteiger partial charge is 0.481 e. The van der Waals surface area contributed by atoms with Gasteiger partial charge in [-0.3, -0.25) is 0 Å². The normalized spacial score (nSPS) is 10.3. The molecule has 0 atom stereocenters. The summed E-state index contributed by atoms with van der Waals surface area (Å²) in [6.07, 6.45) is 3.41. The topological polar surface area (TPSA) is 88.3 Å². The minimum Gasteiger partial charge on any atom is -0.481 e. The van der Waals surface area contributed by atoms with Crippen LogP contribution in [0.2, 0.25) is 0 Å². The minimum atomic E-state index is -0.430. The van der Waals surface area contributed by atoms with Crippen molar-refractivity contribution in [3.63, 3.8) is 0 Å². The minimum absolute atomic E-state index is 0.148. The first-order chi connectivity index (χ1) is 11.2. The van der Waals surface area contributed by atoms with Gasteiger partial charge in [0.05, 0.1) is 12.7 Å². The molecule has 7 nitrogen and oxygen atoms in total. The molecule has 0 saturated heterocycles. The van der Waals surface area contributed by atoms with Crippen LogP contribution in [-0.4, -0.2) is 49.3 Å². The first kappa shape index (κ1) is 16.8. The summed E-state index contributed by atoms with van der Waals surface area (Å²) in [7, 11) is 1.33. The number of hydrogen-bond donors (Lipinski definition) is 3. The second-order valence-corrected chi connectivity index (χ2v) is 4.79. The maximum atomic E-state index is 11.3. The van der Waals surface area contributed by atoms with E-state index in [1.165, 1.54) is 7.11 Å². The molecule has 0 aliphatic rings. The Morgan fingerprint density at radius 3 is 2.91 bits per heavy atom. The number of anilines is 1. The summed E-state index contributed by atoms with van der Waals surface area (Å²) < 4.78 is 10.2. The van der Waals surface area contributed by atoms with Gasteiger partial charge in [-0.25, -0.2) is 9.78 Å². The summed E-state index contributed by atoms with van der Waals surface area (Å²) in [5.74, 6) is 0.823. The number of methoxy groups -OCH3 is 1. The molecule has 0 bridgehead atoms. The van der Waals surface area contributed by atoms with Crippen LogP contribution in [0, 0.1) is 0 Å². The lowest BCUT2D eigenvalue weighted by Crippen LogP contribution is -2.21. The quantitative estimate of drug-likeness (QED) is 0.481. The number of rotatable bonds is 9. The van der Waals surface area contributed by atoms with Crippen LogP contribution in [0.4, 0.5) is 5.69 Å². The third kappa shape index (κ3) is 5.00. The predicted molar refractivity (Wildman–Crippen MR) is 88.6 cm³/mol. The molecule has 1 aromatic heterocycles. The van der Waals surface area contributed by atoms with Crippen LogP contribution in [0.1, 0.15) is 6.92 Å². The molecule has 0 saturated carbocycles. The summed E-state index contributed by atoms with van der Waals surface area (Å²) >= 11 is 0. The van der Waals surface area contributed by atoms with E-state index in [1.54, 1.807) is 12.4 Å². The van der Waals surface area contributed by atoms with Crippen molar-refractivity contribution in [2.45, 2.75) is 6.92 Å². The van der Waals surface area contributed by atoms with Gasteiger partial charge in [0, 0.05) is 37.2 Å². The van der Waals surface area contributed by atoms with Crippen molar-refractivity contribution in [2.24, 2.45) is 0 Å². The molecule has 2 rings (SSSR count). The molecule has 0 spiro atoms. The SMILES string of the molecule is CCNCCNc1ccc(-c2ncc[nH]2)c(OCC(=O)OC)c1. The summed E-state index contributed by atoms with van der Waals surface area (Å²) in [6.45, 7) is 4.52.